The van der Waals surface area contributed by atoms with Crippen LogP contribution in [0.2, 0.25) is 0 Å². The van der Waals surface area contributed by atoms with Crippen LogP contribution in [-0.4, -0.2) is 37.0 Å². The van der Waals surface area contributed by atoms with E-state index in [9.17, 15) is 14.4 Å². The van der Waals surface area contributed by atoms with E-state index in [0.717, 1.165) is 50.7 Å². The van der Waals surface area contributed by atoms with E-state index in [4.69, 9.17) is 0 Å². The van der Waals surface area contributed by atoms with Crippen molar-refractivity contribution >= 4 is 28.8 Å². The molecule has 23 heavy (non-hydrogen) atoms. The highest BCUT2D eigenvalue weighted by Gasteiger charge is 2.11. The Hall–Kier alpha value is -1.04. The Bertz CT molecular complexity index is 357. The van der Waals surface area contributed by atoms with Crippen molar-refractivity contribution in [1.29, 1.82) is 0 Å². The fraction of sp³-hybridized carbons (Fsp3) is 0.824. The predicted octanol–water partition coefficient (Wildman–Crippen LogP) is 3.74. The van der Waals surface area contributed by atoms with Gasteiger partial charge in [-0.2, -0.15) is 0 Å². The van der Waals surface area contributed by atoms with Gasteiger partial charge in [0.05, 0.1) is 14.2 Å². The fourth-order valence-electron chi connectivity index (χ4n) is 2.33. The molecule has 0 aliphatic carbocycles. The van der Waals surface area contributed by atoms with Crippen molar-refractivity contribution < 1.29 is 23.9 Å². The van der Waals surface area contributed by atoms with Crippen LogP contribution in [0.15, 0.2) is 0 Å². The second kappa shape index (κ2) is 14.5. The lowest BCUT2D eigenvalue weighted by Gasteiger charge is -2.15. The summed E-state index contributed by atoms with van der Waals surface area (Å²) in [5, 5.41) is 0.148. The van der Waals surface area contributed by atoms with Gasteiger partial charge in [0, 0.05) is 25.5 Å². The minimum absolute atomic E-state index is 0.148. The van der Waals surface area contributed by atoms with Crippen LogP contribution < -0.4 is 0 Å². The summed E-state index contributed by atoms with van der Waals surface area (Å²) in [6.45, 7) is 1.59. The first-order valence-corrected chi connectivity index (χ1v) is 9.25. The predicted molar refractivity (Wildman–Crippen MR) is 92.2 cm³/mol. The van der Waals surface area contributed by atoms with E-state index in [2.05, 4.69) is 9.47 Å². The zero-order valence-electron chi connectivity index (χ0n) is 14.6. The van der Waals surface area contributed by atoms with Gasteiger partial charge in [0.25, 0.3) is 0 Å². The van der Waals surface area contributed by atoms with Gasteiger partial charge in [-0.25, -0.2) is 0 Å². The summed E-state index contributed by atoms with van der Waals surface area (Å²) >= 11 is 1.38. The van der Waals surface area contributed by atoms with Crippen LogP contribution in [0.4, 0.5) is 0 Å². The number of carbonyl (C=O) groups is 3. The molecule has 0 saturated heterocycles. The number of hydrogen-bond donors (Lipinski definition) is 0. The van der Waals surface area contributed by atoms with Crippen molar-refractivity contribution in [3.63, 3.8) is 0 Å². The van der Waals surface area contributed by atoms with E-state index in [1.54, 1.807) is 6.92 Å². The molecule has 5 nitrogen and oxygen atoms in total. The molecule has 0 heterocycles. The van der Waals surface area contributed by atoms with Gasteiger partial charge in [-0.3, -0.25) is 14.4 Å². The van der Waals surface area contributed by atoms with Gasteiger partial charge >= 0.3 is 11.9 Å². The van der Waals surface area contributed by atoms with E-state index in [0.29, 0.717) is 18.8 Å². The smallest absolute Gasteiger partial charge is 0.305 e. The van der Waals surface area contributed by atoms with Gasteiger partial charge in [0.15, 0.2) is 5.12 Å². The number of ether oxygens (including phenoxy) is 2. The minimum atomic E-state index is -0.164. The number of methoxy groups -OCH3 is 2. The van der Waals surface area contributed by atoms with Crippen molar-refractivity contribution in [3.8, 4) is 0 Å². The molecule has 0 N–H and O–H groups in total. The second-order valence-corrected chi connectivity index (χ2v) is 6.86. The summed E-state index contributed by atoms with van der Waals surface area (Å²) in [5.74, 6) is 1.00. The molecule has 0 bridgehead atoms. The van der Waals surface area contributed by atoms with Gasteiger partial charge in [-0.1, -0.05) is 31.0 Å². The van der Waals surface area contributed by atoms with Crippen LogP contribution in [0.5, 0.6) is 0 Å². The molecule has 0 radical (unpaired) electrons. The molecule has 1 unspecified atom stereocenters. The van der Waals surface area contributed by atoms with E-state index >= 15 is 0 Å². The average Bonchev–Trinajstić information content (AvgIpc) is 2.54. The Balaban J connectivity index is 3.92. The van der Waals surface area contributed by atoms with Crippen molar-refractivity contribution in [2.45, 2.75) is 64.7 Å². The lowest BCUT2D eigenvalue weighted by molar-refractivity contribution is -0.141. The maximum atomic E-state index is 11.1. The SMILES string of the molecule is COC(=O)CCCCCC(CCCCC(=O)OC)CSC(C)=O. The summed E-state index contributed by atoms with van der Waals surface area (Å²) in [6, 6.07) is 0. The minimum Gasteiger partial charge on any atom is -0.469 e. The largest absolute Gasteiger partial charge is 0.469 e. The van der Waals surface area contributed by atoms with Gasteiger partial charge in [0.1, 0.15) is 0 Å². The van der Waals surface area contributed by atoms with Crippen LogP contribution in [0.1, 0.15) is 64.7 Å². The summed E-state index contributed by atoms with van der Waals surface area (Å²) in [5.41, 5.74) is 0. The maximum Gasteiger partial charge on any atom is 0.305 e. The van der Waals surface area contributed by atoms with E-state index in [1.165, 1.54) is 26.0 Å². The molecule has 0 aromatic carbocycles. The third-order valence-corrected chi connectivity index (χ3v) is 4.76. The topological polar surface area (TPSA) is 69.7 Å². The zero-order chi connectivity index (χ0) is 17.5. The number of carbonyl (C=O) groups excluding carboxylic acids is 3. The van der Waals surface area contributed by atoms with Crippen molar-refractivity contribution in [1.82, 2.24) is 0 Å². The zero-order valence-corrected chi connectivity index (χ0v) is 15.4. The third kappa shape index (κ3) is 14.3. The Morgan fingerprint density at radius 1 is 0.826 bits per heavy atom. The van der Waals surface area contributed by atoms with Crippen LogP contribution in [0, 0.1) is 5.92 Å². The maximum absolute atomic E-state index is 11.1. The molecule has 0 aromatic heterocycles. The monoisotopic (exact) mass is 346 g/mol. The van der Waals surface area contributed by atoms with Crippen molar-refractivity contribution in [2.75, 3.05) is 20.0 Å². The molecule has 0 aliphatic heterocycles. The standard InChI is InChI=1S/C17H30O5S/c1-14(18)23-13-15(10-7-8-12-17(20)22-3)9-5-4-6-11-16(19)21-2/h15H,4-13H2,1-3H3. The first-order valence-electron chi connectivity index (χ1n) is 8.26. The molecule has 0 spiro atoms. The molecular weight excluding hydrogens is 316 g/mol. The first kappa shape index (κ1) is 22.0. The number of esters is 2. The van der Waals surface area contributed by atoms with Crippen LogP contribution >= 0.6 is 11.8 Å². The van der Waals surface area contributed by atoms with E-state index < -0.39 is 0 Å². The Kier molecular flexibility index (Phi) is 13.9. The Morgan fingerprint density at radius 2 is 1.30 bits per heavy atom. The van der Waals surface area contributed by atoms with Crippen LogP contribution in [-0.2, 0) is 23.9 Å². The number of hydrogen-bond acceptors (Lipinski definition) is 6. The third-order valence-electron chi connectivity index (χ3n) is 3.71. The van der Waals surface area contributed by atoms with Gasteiger partial charge < -0.3 is 9.47 Å². The Morgan fingerprint density at radius 3 is 1.78 bits per heavy atom. The van der Waals surface area contributed by atoms with Gasteiger partial charge in [-0.05, 0) is 31.6 Å². The number of unbranched alkanes of at least 4 members (excludes halogenated alkanes) is 3. The molecule has 0 amide bonds. The highest BCUT2D eigenvalue weighted by atomic mass is 32.2. The molecule has 0 aliphatic rings. The van der Waals surface area contributed by atoms with Gasteiger partial charge in [0.2, 0.25) is 0 Å². The van der Waals surface area contributed by atoms with E-state index in [1.807, 2.05) is 0 Å². The molecule has 0 rings (SSSR count). The van der Waals surface area contributed by atoms with Gasteiger partial charge in [-0.15, -0.1) is 0 Å². The summed E-state index contributed by atoms with van der Waals surface area (Å²) in [7, 11) is 2.81. The molecule has 134 valence electrons. The molecule has 0 saturated carbocycles. The average molecular weight is 346 g/mol. The fourth-order valence-corrected chi connectivity index (χ4v) is 3.14. The normalized spacial score (nSPS) is 11.8. The lowest BCUT2D eigenvalue weighted by atomic mass is 9.96. The highest BCUT2D eigenvalue weighted by molar-refractivity contribution is 8.13. The van der Waals surface area contributed by atoms with Crippen molar-refractivity contribution in [3.05, 3.63) is 0 Å². The number of rotatable bonds is 13. The molecule has 6 heteroatoms. The summed E-state index contributed by atoms with van der Waals surface area (Å²) in [4.78, 5) is 33.3. The lowest BCUT2D eigenvalue weighted by Crippen LogP contribution is -2.07. The molecular formula is C17H30O5S. The quantitative estimate of drug-likeness (QED) is 0.374. The first-order chi connectivity index (χ1) is 11.0. The Labute approximate surface area is 143 Å². The highest BCUT2D eigenvalue weighted by Crippen LogP contribution is 2.22. The van der Waals surface area contributed by atoms with Crippen LogP contribution in [0.25, 0.3) is 0 Å². The molecule has 0 fully saturated rings. The second-order valence-electron chi connectivity index (χ2n) is 5.67. The van der Waals surface area contributed by atoms with E-state index in [-0.39, 0.29) is 17.1 Å². The summed E-state index contributed by atoms with van der Waals surface area (Å²) < 4.78 is 9.25. The number of thioether (sulfide) groups is 1. The molecule has 1 atom stereocenters. The summed E-state index contributed by atoms with van der Waals surface area (Å²) in [6.07, 6.45) is 7.71. The molecule has 0 aromatic rings. The van der Waals surface area contributed by atoms with Crippen molar-refractivity contribution in [2.24, 2.45) is 5.92 Å². The van der Waals surface area contributed by atoms with Crippen LogP contribution in [0.3, 0.4) is 0 Å².